The van der Waals surface area contributed by atoms with Crippen LogP contribution in [0.3, 0.4) is 0 Å². The Hall–Kier alpha value is -3.20. The second-order valence-electron chi connectivity index (χ2n) is 8.92. The van der Waals surface area contributed by atoms with E-state index in [1.807, 2.05) is 19.1 Å². The van der Waals surface area contributed by atoms with Crippen LogP contribution in [0.25, 0.3) is 21.3 Å². The molecule has 1 saturated heterocycles. The summed E-state index contributed by atoms with van der Waals surface area (Å²) < 4.78 is 11.0. The Bertz CT molecular complexity index is 1350. The summed E-state index contributed by atoms with van der Waals surface area (Å²) in [4.78, 5) is 14.0. The average molecular weight is 491 g/mol. The van der Waals surface area contributed by atoms with E-state index in [9.17, 15) is 5.11 Å². The summed E-state index contributed by atoms with van der Waals surface area (Å²) in [6, 6.07) is 16.8. The molecule has 0 spiro atoms. The number of aryl methyl sites for hydroxylation is 1. The molecule has 1 aliphatic rings. The molecule has 0 radical (unpaired) electrons. The minimum atomic E-state index is -0.190. The van der Waals surface area contributed by atoms with E-state index in [1.54, 1.807) is 25.6 Å². The highest BCUT2D eigenvalue weighted by molar-refractivity contribution is 7.15. The monoisotopic (exact) mass is 490 g/mol. The van der Waals surface area contributed by atoms with Gasteiger partial charge in [0.05, 0.1) is 31.9 Å². The number of nitrogens with one attached hydrogen (secondary N) is 1. The smallest absolute Gasteiger partial charge is 0.162 e. The number of methoxy groups -OCH3 is 2. The Morgan fingerprint density at radius 3 is 2.57 bits per heavy atom. The van der Waals surface area contributed by atoms with Crippen LogP contribution in [0.4, 0.5) is 5.82 Å². The van der Waals surface area contributed by atoms with Crippen molar-refractivity contribution >= 4 is 28.1 Å². The lowest BCUT2D eigenvalue weighted by Crippen LogP contribution is -2.49. The molecule has 2 aromatic carbocycles. The summed E-state index contributed by atoms with van der Waals surface area (Å²) in [6.45, 7) is 6.38. The molecule has 1 atom stereocenters. The van der Waals surface area contributed by atoms with E-state index in [1.165, 1.54) is 20.9 Å². The first-order valence-electron chi connectivity index (χ1n) is 11.7. The number of benzene rings is 2. The van der Waals surface area contributed by atoms with Crippen molar-refractivity contribution in [3.8, 4) is 21.9 Å². The summed E-state index contributed by atoms with van der Waals surface area (Å²) >= 11 is 1.79. The molecule has 1 unspecified atom stereocenters. The SMILES string of the molecule is COc1cc2nc(C)nc(NC(C)c3ccc(-c4ccccc4CN4CC(O)C4)s3)c2cc1OC. The molecule has 2 N–H and O–H groups in total. The Morgan fingerprint density at radius 2 is 1.83 bits per heavy atom. The minimum absolute atomic E-state index is 0.0528. The first-order valence-corrected chi connectivity index (χ1v) is 12.5. The van der Waals surface area contributed by atoms with Gasteiger partial charge in [-0.05, 0) is 43.2 Å². The van der Waals surface area contributed by atoms with Crippen molar-refractivity contribution in [1.82, 2.24) is 14.9 Å². The molecular weight excluding hydrogens is 460 g/mol. The van der Waals surface area contributed by atoms with Gasteiger partial charge in [0.1, 0.15) is 11.6 Å². The van der Waals surface area contributed by atoms with Gasteiger partial charge in [0, 0.05) is 40.8 Å². The van der Waals surface area contributed by atoms with Gasteiger partial charge >= 0.3 is 0 Å². The van der Waals surface area contributed by atoms with Crippen LogP contribution < -0.4 is 14.8 Å². The molecule has 2 aromatic heterocycles. The summed E-state index contributed by atoms with van der Waals surface area (Å²) in [6.07, 6.45) is -0.190. The third-order valence-corrected chi connectivity index (χ3v) is 7.64. The largest absolute Gasteiger partial charge is 0.493 e. The highest BCUT2D eigenvalue weighted by atomic mass is 32.1. The van der Waals surface area contributed by atoms with Crippen LogP contribution in [-0.2, 0) is 6.54 Å². The normalized spacial score (nSPS) is 15.1. The van der Waals surface area contributed by atoms with Crippen molar-refractivity contribution in [3.05, 3.63) is 64.8 Å². The Labute approximate surface area is 209 Å². The average Bonchev–Trinajstić information content (AvgIpc) is 3.33. The van der Waals surface area contributed by atoms with Gasteiger partial charge in [-0.1, -0.05) is 24.3 Å². The molecule has 0 amide bonds. The van der Waals surface area contributed by atoms with Crippen LogP contribution in [0.2, 0.25) is 0 Å². The van der Waals surface area contributed by atoms with Gasteiger partial charge in [-0.25, -0.2) is 9.97 Å². The number of aliphatic hydroxyl groups excluding tert-OH is 1. The number of anilines is 1. The third-order valence-electron chi connectivity index (χ3n) is 6.33. The highest BCUT2D eigenvalue weighted by Crippen LogP contribution is 2.38. The lowest BCUT2D eigenvalue weighted by Gasteiger charge is -2.36. The number of nitrogens with zero attached hydrogens (tertiary/aromatic N) is 3. The summed E-state index contributed by atoms with van der Waals surface area (Å²) in [5, 5.41) is 14.1. The number of fused-ring (bicyclic) bond motifs is 1. The molecule has 0 aliphatic carbocycles. The fraction of sp³-hybridized carbons (Fsp3) is 0.333. The van der Waals surface area contributed by atoms with Crippen LogP contribution >= 0.6 is 11.3 Å². The molecule has 4 aromatic rings. The van der Waals surface area contributed by atoms with Gasteiger partial charge in [0.25, 0.3) is 0 Å². The molecule has 8 heteroatoms. The molecule has 35 heavy (non-hydrogen) atoms. The third kappa shape index (κ3) is 4.82. The van der Waals surface area contributed by atoms with Crippen molar-refractivity contribution in [2.24, 2.45) is 0 Å². The standard InChI is InChI=1S/C27H30N4O3S/c1-16(28-27-21-11-23(33-3)24(34-4)12-22(21)29-17(2)30-27)25-9-10-26(35-25)20-8-6-5-7-18(20)13-31-14-19(32)15-31/h5-12,16,19,32H,13-15H2,1-4H3,(H,28,29,30). The summed E-state index contributed by atoms with van der Waals surface area (Å²) in [7, 11) is 3.25. The predicted molar refractivity (Wildman–Crippen MR) is 140 cm³/mol. The van der Waals surface area contributed by atoms with Gasteiger partial charge in [0.2, 0.25) is 0 Å². The first kappa shape index (κ1) is 23.5. The van der Waals surface area contributed by atoms with Crippen LogP contribution in [0.5, 0.6) is 11.5 Å². The molecule has 182 valence electrons. The summed E-state index contributed by atoms with van der Waals surface area (Å²) in [5.74, 6) is 2.75. The topological polar surface area (TPSA) is 79.7 Å². The van der Waals surface area contributed by atoms with Crippen LogP contribution in [-0.4, -0.2) is 53.4 Å². The Kier molecular flexibility index (Phi) is 6.60. The van der Waals surface area contributed by atoms with Gasteiger partial charge in [-0.3, -0.25) is 4.90 Å². The lowest BCUT2D eigenvalue weighted by atomic mass is 10.0. The van der Waals surface area contributed by atoms with E-state index in [4.69, 9.17) is 14.5 Å². The number of hydrogen-bond acceptors (Lipinski definition) is 8. The number of aromatic nitrogens is 2. The van der Waals surface area contributed by atoms with E-state index in [0.717, 1.165) is 36.4 Å². The second-order valence-corrected chi connectivity index (χ2v) is 10.0. The number of rotatable bonds is 8. The fourth-order valence-electron chi connectivity index (χ4n) is 4.50. The fourth-order valence-corrected chi connectivity index (χ4v) is 5.57. The van der Waals surface area contributed by atoms with Crippen molar-refractivity contribution in [3.63, 3.8) is 0 Å². The molecule has 0 saturated carbocycles. The number of aliphatic hydroxyl groups is 1. The van der Waals surface area contributed by atoms with Crippen molar-refractivity contribution in [2.45, 2.75) is 32.5 Å². The molecule has 0 bridgehead atoms. The van der Waals surface area contributed by atoms with E-state index >= 15 is 0 Å². The maximum atomic E-state index is 9.64. The zero-order chi connectivity index (χ0) is 24.5. The number of ether oxygens (including phenoxy) is 2. The predicted octanol–water partition coefficient (Wildman–Crippen LogP) is 5.03. The second kappa shape index (κ2) is 9.81. The number of thiophene rings is 1. The molecule has 1 fully saturated rings. The molecule has 3 heterocycles. The maximum absolute atomic E-state index is 9.64. The highest BCUT2D eigenvalue weighted by Gasteiger charge is 2.25. The van der Waals surface area contributed by atoms with Gasteiger partial charge in [0.15, 0.2) is 11.5 Å². The number of likely N-dealkylation sites (tertiary alicyclic amines) is 1. The zero-order valence-corrected chi connectivity index (χ0v) is 21.2. The molecule has 7 nitrogen and oxygen atoms in total. The maximum Gasteiger partial charge on any atom is 0.162 e. The molecule has 1 aliphatic heterocycles. The van der Waals surface area contributed by atoms with Gasteiger partial charge in [-0.15, -0.1) is 11.3 Å². The Morgan fingerprint density at radius 1 is 1.09 bits per heavy atom. The molecule has 5 rings (SSSR count). The minimum Gasteiger partial charge on any atom is -0.493 e. The van der Waals surface area contributed by atoms with E-state index in [-0.39, 0.29) is 12.1 Å². The molecular formula is C27H30N4O3S. The van der Waals surface area contributed by atoms with Crippen LogP contribution in [0, 0.1) is 6.92 Å². The number of β-amino-alcohol motifs (C(OH)–C–C–N with tert-alkyl or cyclic N) is 1. The van der Waals surface area contributed by atoms with E-state index in [0.29, 0.717) is 17.3 Å². The lowest BCUT2D eigenvalue weighted by molar-refractivity contribution is -0.00277. The Balaban J connectivity index is 1.41. The van der Waals surface area contributed by atoms with E-state index < -0.39 is 0 Å². The van der Waals surface area contributed by atoms with Gasteiger partial charge in [-0.2, -0.15) is 0 Å². The van der Waals surface area contributed by atoms with Crippen molar-refractivity contribution in [2.75, 3.05) is 32.6 Å². The zero-order valence-electron chi connectivity index (χ0n) is 20.4. The van der Waals surface area contributed by atoms with Gasteiger partial charge < -0.3 is 19.9 Å². The van der Waals surface area contributed by atoms with Crippen LogP contribution in [0.1, 0.15) is 29.2 Å². The number of hydrogen-bond donors (Lipinski definition) is 2. The summed E-state index contributed by atoms with van der Waals surface area (Å²) in [5.41, 5.74) is 3.34. The first-order chi connectivity index (χ1) is 16.9. The van der Waals surface area contributed by atoms with Crippen molar-refractivity contribution in [1.29, 1.82) is 0 Å². The quantitative estimate of drug-likeness (QED) is 0.358. The van der Waals surface area contributed by atoms with Crippen molar-refractivity contribution < 1.29 is 14.6 Å². The van der Waals surface area contributed by atoms with Crippen LogP contribution in [0.15, 0.2) is 48.5 Å². The van der Waals surface area contributed by atoms with E-state index in [2.05, 4.69) is 58.5 Å².